The molecule has 1 saturated heterocycles. The molecular weight excluding hydrogens is 455 g/mol. The minimum atomic E-state index is -0.601. The number of ether oxygens (including phenoxy) is 1. The number of hydrogen-bond donors (Lipinski definition) is 2. The number of fused-ring (bicyclic) bond motifs is 1. The molecule has 174 valence electrons. The number of thioether (sulfide) groups is 1. The van der Waals surface area contributed by atoms with Gasteiger partial charge in [-0.25, -0.2) is 14.4 Å². The molecule has 0 saturated carbocycles. The average Bonchev–Trinajstić information content (AvgIpc) is 3.25. The largest absolute Gasteiger partial charge is 0.494 e. The number of benzene rings is 2. The quantitative estimate of drug-likeness (QED) is 0.420. The molecule has 1 atom stereocenters. The summed E-state index contributed by atoms with van der Waals surface area (Å²) in [6.07, 6.45) is 5.19. The molecule has 2 aromatic heterocycles. The zero-order valence-corrected chi connectivity index (χ0v) is 19.5. The van der Waals surface area contributed by atoms with E-state index in [2.05, 4.69) is 25.7 Å². The molecule has 1 fully saturated rings. The van der Waals surface area contributed by atoms with E-state index in [-0.39, 0.29) is 11.7 Å². The first kappa shape index (κ1) is 22.1. The second-order valence-corrected chi connectivity index (χ2v) is 9.17. The van der Waals surface area contributed by atoms with Gasteiger partial charge in [-0.2, -0.15) is 16.9 Å². The molecule has 1 amide bonds. The highest BCUT2D eigenvalue weighted by atomic mass is 32.2. The van der Waals surface area contributed by atoms with Crippen molar-refractivity contribution >= 4 is 34.5 Å². The Morgan fingerprint density at radius 2 is 2.06 bits per heavy atom. The molecule has 10 heteroatoms. The van der Waals surface area contributed by atoms with E-state index in [4.69, 9.17) is 4.74 Å². The molecule has 0 radical (unpaired) electrons. The molecule has 34 heavy (non-hydrogen) atoms. The zero-order chi connectivity index (χ0) is 23.7. The van der Waals surface area contributed by atoms with E-state index < -0.39 is 11.9 Å². The summed E-state index contributed by atoms with van der Waals surface area (Å²) in [6, 6.07) is 9.69. The molecule has 0 bridgehead atoms. The van der Waals surface area contributed by atoms with Crippen LogP contribution in [0.25, 0.3) is 10.9 Å². The number of hydrogen-bond acceptors (Lipinski definition) is 7. The van der Waals surface area contributed by atoms with Crippen LogP contribution in [0, 0.1) is 5.82 Å². The lowest BCUT2D eigenvalue weighted by Crippen LogP contribution is -2.33. The summed E-state index contributed by atoms with van der Waals surface area (Å²) >= 11 is 1.87. The first-order valence-corrected chi connectivity index (χ1v) is 11.9. The predicted molar refractivity (Wildman–Crippen MR) is 130 cm³/mol. The first-order chi connectivity index (χ1) is 16.5. The van der Waals surface area contributed by atoms with Gasteiger partial charge in [0.05, 0.1) is 24.9 Å². The Morgan fingerprint density at radius 1 is 1.21 bits per heavy atom. The molecule has 2 N–H and O–H groups in total. The third-order valence-corrected chi connectivity index (χ3v) is 6.94. The van der Waals surface area contributed by atoms with Crippen molar-refractivity contribution in [3.8, 4) is 5.75 Å². The number of aryl methyl sites for hydroxylation is 1. The van der Waals surface area contributed by atoms with Gasteiger partial charge in [-0.3, -0.25) is 9.48 Å². The van der Waals surface area contributed by atoms with Crippen LogP contribution < -0.4 is 15.4 Å². The lowest BCUT2D eigenvalue weighted by atomic mass is 10.0. The van der Waals surface area contributed by atoms with Crippen LogP contribution in [0.15, 0.2) is 55.0 Å². The van der Waals surface area contributed by atoms with E-state index in [1.54, 1.807) is 54.6 Å². The maximum atomic E-state index is 14.4. The zero-order valence-electron chi connectivity index (χ0n) is 18.7. The topological polar surface area (TPSA) is 94.0 Å². The van der Waals surface area contributed by atoms with Gasteiger partial charge in [0.25, 0.3) is 5.91 Å². The fourth-order valence-corrected chi connectivity index (χ4v) is 4.40. The maximum absolute atomic E-state index is 14.4. The average molecular weight is 479 g/mol. The molecule has 1 aliphatic heterocycles. The van der Waals surface area contributed by atoms with Crippen molar-refractivity contribution in [3.05, 3.63) is 77.5 Å². The van der Waals surface area contributed by atoms with Gasteiger partial charge < -0.3 is 15.4 Å². The molecule has 2 aromatic carbocycles. The summed E-state index contributed by atoms with van der Waals surface area (Å²) in [6.45, 7) is 0. The lowest BCUT2D eigenvalue weighted by molar-refractivity contribution is 0.0943. The second kappa shape index (κ2) is 9.30. The number of halogens is 1. The van der Waals surface area contributed by atoms with E-state index in [9.17, 15) is 9.18 Å². The van der Waals surface area contributed by atoms with Crippen LogP contribution in [-0.2, 0) is 7.05 Å². The Kier molecular flexibility index (Phi) is 6.06. The summed E-state index contributed by atoms with van der Waals surface area (Å²) in [5, 5.41) is 11.4. The van der Waals surface area contributed by atoms with E-state index in [0.717, 1.165) is 22.5 Å². The van der Waals surface area contributed by atoms with Crippen molar-refractivity contribution in [1.82, 2.24) is 25.1 Å². The Hall–Kier alpha value is -3.66. The van der Waals surface area contributed by atoms with Crippen LogP contribution in [0.3, 0.4) is 0 Å². The molecule has 0 aliphatic carbocycles. The fraction of sp³-hybridized carbons (Fsp3) is 0.250. The van der Waals surface area contributed by atoms with E-state index in [1.165, 1.54) is 13.2 Å². The van der Waals surface area contributed by atoms with Crippen LogP contribution >= 0.6 is 11.8 Å². The van der Waals surface area contributed by atoms with Gasteiger partial charge in [0.15, 0.2) is 11.6 Å². The molecule has 5 rings (SSSR count). The smallest absolute Gasteiger partial charge is 0.252 e. The maximum Gasteiger partial charge on any atom is 0.252 e. The Labute approximate surface area is 199 Å². The third-order valence-electron chi connectivity index (χ3n) is 5.66. The highest BCUT2D eigenvalue weighted by Gasteiger charge is 2.22. The SMILES string of the molecule is COc1ccc([C@H](NC(=O)c2ccc3cnc(NC4CSC4)nc3c2)c2cnn(C)c2)cc1F. The molecule has 1 aliphatic rings. The van der Waals surface area contributed by atoms with Gasteiger partial charge >= 0.3 is 0 Å². The standard InChI is InChI=1S/C24H23FN6O2S/c1-31-11-17(10-27-31)22(14-5-6-21(33-2)19(25)7-14)30-23(32)15-3-4-16-9-26-24(29-20(16)8-15)28-18-12-34-13-18/h3-11,18,22H,12-13H2,1-2H3,(H,30,32)(H,26,28,29)/t22-/m0/s1. The minimum absolute atomic E-state index is 0.138. The highest BCUT2D eigenvalue weighted by Crippen LogP contribution is 2.27. The number of anilines is 1. The summed E-state index contributed by atoms with van der Waals surface area (Å²) in [4.78, 5) is 22.2. The van der Waals surface area contributed by atoms with Gasteiger partial charge in [-0.05, 0) is 29.8 Å². The summed E-state index contributed by atoms with van der Waals surface area (Å²) < 4.78 is 21.1. The second-order valence-electron chi connectivity index (χ2n) is 8.09. The predicted octanol–water partition coefficient (Wildman–Crippen LogP) is 3.56. The molecule has 0 spiro atoms. The van der Waals surface area contributed by atoms with Gasteiger partial charge in [0.2, 0.25) is 5.95 Å². The lowest BCUT2D eigenvalue weighted by Gasteiger charge is -2.25. The van der Waals surface area contributed by atoms with Crippen molar-refractivity contribution in [2.75, 3.05) is 23.9 Å². The monoisotopic (exact) mass is 478 g/mol. The highest BCUT2D eigenvalue weighted by molar-refractivity contribution is 8.00. The van der Waals surface area contributed by atoms with Crippen molar-refractivity contribution in [1.29, 1.82) is 0 Å². The van der Waals surface area contributed by atoms with E-state index >= 15 is 0 Å². The van der Waals surface area contributed by atoms with Crippen LogP contribution in [0.5, 0.6) is 5.75 Å². The van der Waals surface area contributed by atoms with Crippen molar-refractivity contribution in [2.45, 2.75) is 12.1 Å². The van der Waals surface area contributed by atoms with Gasteiger partial charge in [0.1, 0.15) is 0 Å². The number of nitrogens with one attached hydrogen (secondary N) is 2. The van der Waals surface area contributed by atoms with Crippen molar-refractivity contribution < 1.29 is 13.9 Å². The van der Waals surface area contributed by atoms with E-state index in [0.29, 0.717) is 28.6 Å². The number of amides is 1. The summed E-state index contributed by atoms with van der Waals surface area (Å²) in [5.41, 5.74) is 2.42. The number of carbonyl (C=O) groups excluding carboxylic acids is 1. The molecule has 8 nitrogen and oxygen atoms in total. The molecule has 3 heterocycles. The van der Waals surface area contributed by atoms with Crippen LogP contribution in [0.1, 0.15) is 27.5 Å². The third kappa shape index (κ3) is 4.54. The Bertz CT molecular complexity index is 1360. The number of carbonyl (C=O) groups is 1. The Morgan fingerprint density at radius 3 is 2.74 bits per heavy atom. The van der Waals surface area contributed by atoms with Crippen LogP contribution in [-0.4, -0.2) is 50.3 Å². The number of aromatic nitrogens is 4. The van der Waals surface area contributed by atoms with Crippen molar-refractivity contribution in [2.24, 2.45) is 7.05 Å². The van der Waals surface area contributed by atoms with Crippen LogP contribution in [0.4, 0.5) is 10.3 Å². The van der Waals surface area contributed by atoms with Crippen LogP contribution in [0.2, 0.25) is 0 Å². The first-order valence-electron chi connectivity index (χ1n) is 10.7. The number of methoxy groups -OCH3 is 1. The molecule has 4 aromatic rings. The number of nitrogens with zero attached hydrogens (tertiary/aromatic N) is 4. The number of rotatable bonds is 7. The van der Waals surface area contributed by atoms with E-state index in [1.807, 2.05) is 17.8 Å². The van der Waals surface area contributed by atoms with Crippen molar-refractivity contribution in [3.63, 3.8) is 0 Å². The fourth-order valence-electron chi connectivity index (χ4n) is 3.76. The summed E-state index contributed by atoms with van der Waals surface area (Å²) in [7, 11) is 3.20. The molecular formula is C24H23FN6O2S. The normalized spacial score (nSPS) is 14.4. The van der Waals surface area contributed by atoms with Gasteiger partial charge in [-0.15, -0.1) is 0 Å². The van der Waals surface area contributed by atoms with Gasteiger partial charge in [-0.1, -0.05) is 12.1 Å². The molecule has 0 unspecified atom stereocenters. The minimum Gasteiger partial charge on any atom is -0.494 e. The van der Waals surface area contributed by atoms with Gasteiger partial charge in [0, 0.05) is 53.5 Å². The summed E-state index contributed by atoms with van der Waals surface area (Å²) in [5.74, 6) is 1.94. The Balaban J connectivity index is 1.43.